The average molecular weight is 253 g/mol. The first-order valence-corrected chi connectivity index (χ1v) is 6.80. The summed E-state index contributed by atoms with van der Waals surface area (Å²) in [5.41, 5.74) is 0. The Kier molecular flexibility index (Phi) is 2.74. The van der Waals surface area contributed by atoms with E-state index in [2.05, 4.69) is 14.3 Å². The number of nitrogens with zero attached hydrogens (tertiary/aromatic N) is 3. The van der Waals surface area contributed by atoms with E-state index in [1.165, 1.54) is 24.4 Å². The van der Waals surface area contributed by atoms with E-state index in [4.69, 9.17) is 5.11 Å². The van der Waals surface area contributed by atoms with Crippen LogP contribution in [0.1, 0.15) is 37.4 Å². The van der Waals surface area contributed by atoms with Crippen molar-refractivity contribution < 1.29 is 9.90 Å². The number of carbonyl (C=O) groups is 1. The van der Waals surface area contributed by atoms with Crippen LogP contribution in [0.2, 0.25) is 0 Å². The number of aliphatic carboxylic acids is 1. The van der Waals surface area contributed by atoms with Crippen molar-refractivity contribution in [2.75, 3.05) is 18.0 Å². The van der Waals surface area contributed by atoms with E-state index in [0.717, 1.165) is 30.5 Å². The standard InChI is InChI=1S/C11H15N3O2S/c15-9(16)5-7-3-4-14(6-7)11-12-10(13-17-11)8-1-2-8/h7-8H,1-6H2,(H,15,16). The van der Waals surface area contributed by atoms with Gasteiger partial charge >= 0.3 is 5.97 Å². The third kappa shape index (κ3) is 2.41. The smallest absolute Gasteiger partial charge is 0.303 e. The van der Waals surface area contributed by atoms with Gasteiger partial charge in [-0.25, -0.2) is 4.98 Å². The molecule has 0 aromatic carbocycles. The second-order valence-electron chi connectivity index (χ2n) is 4.91. The fourth-order valence-electron chi connectivity index (χ4n) is 2.28. The van der Waals surface area contributed by atoms with Crippen LogP contribution in [-0.4, -0.2) is 33.5 Å². The molecule has 6 heteroatoms. The Morgan fingerprint density at radius 2 is 2.29 bits per heavy atom. The van der Waals surface area contributed by atoms with Crippen LogP contribution in [0.5, 0.6) is 0 Å². The molecule has 5 nitrogen and oxygen atoms in total. The summed E-state index contributed by atoms with van der Waals surface area (Å²) < 4.78 is 4.38. The van der Waals surface area contributed by atoms with Crippen molar-refractivity contribution in [3.8, 4) is 0 Å². The lowest BCUT2D eigenvalue weighted by molar-refractivity contribution is -0.137. The number of anilines is 1. The number of hydrogen-bond donors (Lipinski definition) is 1. The molecule has 1 aromatic rings. The Hall–Kier alpha value is -1.17. The van der Waals surface area contributed by atoms with Crippen molar-refractivity contribution in [2.45, 2.75) is 31.6 Å². The van der Waals surface area contributed by atoms with Gasteiger partial charge in [0, 0.05) is 37.0 Å². The second-order valence-corrected chi connectivity index (χ2v) is 5.64. The molecule has 92 valence electrons. The minimum Gasteiger partial charge on any atom is -0.481 e. The summed E-state index contributed by atoms with van der Waals surface area (Å²) in [4.78, 5) is 17.4. The summed E-state index contributed by atoms with van der Waals surface area (Å²) >= 11 is 1.45. The van der Waals surface area contributed by atoms with Crippen molar-refractivity contribution in [1.82, 2.24) is 9.36 Å². The molecule has 0 radical (unpaired) electrons. The van der Waals surface area contributed by atoms with Crippen LogP contribution in [0.15, 0.2) is 0 Å². The van der Waals surface area contributed by atoms with Gasteiger partial charge in [0.25, 0.3) is 0 Å². The number of rotatable bonds is 4. The molecule has 1 atom stereocenters. The molecular formula is C11H15N3O2S. The highest BCUT2D eigenvalue weighted by Gasteiger charge is 2.30. The van der Waals surface area contributed by atoms with Gasteiger partial charge in [-0.05, 0) is 25.2 Å². The Labute approximate surface area is 104 Å². The fourth-order valence-corrected chi connectivity index (χ4v) is 3.06. The monoisotopic (exact) mass is 253 g/mol. The van der Waals surface area contributed by atoms with Gasteiger partial charge in [0.1, 0.15) is 5.82 Å². The maximum Gasteiger partial charge on any atom is 0.303 e. The molecule has 1 aliphatic heterocycles. The Morgan fingerprint density at radius 3 is 3.00 bits per heavy atom. The van der Waals surface area contributed by atoms with Crippen LogP contribution in [0.3, 0.4) is 0 Å². The molecule has 1 aliphatic carbocycles. The molecule has 1 saturated carbocycles. The van der Waals surface area contributed by atoms with Crippen molar-refractivity contribution >= 4 is 22.6 Å². The number of carboxylic acids is 1. The van der Waals surface area contributed by atoms with Gasteiger partial charge in [-0.1, -0.05) is 0 Å². The third-order valence-electron chi connectivity index (χ3n) is 3.39. The van der Waals surface area contributed by atoms with Crippen molar-refractivity contribution in [1.29, 1.82) is 0 Å². The molecular weight excluding hydrogens is 238 g/mol. The van der Waals surface area contributed by atoms with Crippen LogP contribution in [-0.2, 0) is 4.79 Å². The van der Waals surface area contributed by atoms with E-state index < -0.39 is 5.97 Å². The molecule has 1 unspecified atom stereocenters. The van der Waals surface area contributed by atoms with Gasteiger partial charge in [-0.3, -0.25) is 4.79 Å². The minimum absolute atomic E-state index is 0.265. The number of aromatic nitrogens is 2. The zero-order valence-electron chi connectivity index (χ0n) is 9.50. The number of hydrogen-bond acceptors (Lipinski definition) is 5. The lowest BCUT2D eigenvalue weighted by atomic mass is 10.1. The maximum absolute atomic E-state index is 10.7. The van der Waals surface area contributed by atoms with Crippen LogP contribution >= 0.6 is 11.5 Å². The Morgan fingerprint density at radius 1 is 1.47 bits per heavy atom. The van der Waals surface area contributed by atoms with Gasteiger partial charge < -0.3 is 10.0 Å². The molecule has 0 amide bonds. The topological polar surface area (TPSA) is 66.3 Å². The van der Waals surface area contributed by atoms with Crippen molar-refractivity contribution in [3.05, 3.63) is 5.82 Å². The highest BCUT2D eigenvalue weighted by molar-refractivity contribution is 7.09. The quantitative estimate of drug-likeness (QED) is 0.885. The SMILES string of the molecule is O=C(O)CC1CCN(c2nc(C3CC3)ns2)C1. The molecule has 0 spiro atoms. The van der Waals surface area contributed by atoms with Crippen LogP contribution in [0, 0.1) is 5.92 Å². The average Bonchev–Trinajstić information content (AvgIpc) is 2.84. The molecule has 2 heterocycles. The first-order chi connectivity index (χ1) is 8.22. The molecule has 1 N–H and O–H groups in total. The van der Waals surface area contributed by atoms with Gasteiger partial charge in [0.2, 0.25) is 5.13 Å². The summed E-state index contributed by atoms with van der Waals surface area (Å²) in [6.07, 6.45) is 3.66. The lowest BCUT2D eigenvalue weighted by Gasteiger charge is -2.13. The van der Waals surface area contributed by atoms with Crippen molar-refractivity contribution in [2.24, 2.45) is 5.92 Å². The van der Waals surface area contributed by atoms with Crippen molar-refractivity contribution in [3.63, 3.8) is 0 Å². The van der Waals surface area contributed by atoms with E-state index >= 15 is 0 Å². The van der Waals surface area contributed by atoms with Crippen LogP contribution in [0.25, 0.3) is 0 Å². The highest BCUT2D eigenvalue weighted by Crippen LogP contribution is 2.40. The summed E-state index contributed by atoms with van der Waals surface area (Å²) in [5, 5.41) is 9.74. The van der Waals surface area contributed by atoms with Crippen LogP contribution < -0.4 is 4.90 Å². The third-order valence-corrected chi connectivity index (χ3v) is 4.18. The van der Waals surface area contributed by atoms with Crippen LogP contribution in [0.4, 0.5) is 5.13 Å². The normalized spacial score (nSPS) is 24.2. The zero-order chi connectivity index (χ0) is 11.8. The molecule has 1 aromatic heterocycles. The van der Waals surface area contributed by atoms with E-state index in [1.54, 1.807) is 0 Å². The van der Waals surface area contributed by atoms with Gasteiger partial charge in [0.15, 0.2) is 0 Å². The summed E-state index contributed by atoms with van der Waals surface area (Å²) in [5.74, 6) is 1.15. The summed E-state index contributed by atoms with van der Waals surface area (Å²) in [6.45, 7) is 1.73. The van der Waals surface area contributed by atoms with Gasteiger partial charge in [-0.15, -0.1) is 0 Å². The summed E-state index contributed by atoms with van der Waals surface area (Å²) in [6, 6.07) is 0. The van der Waals surface area contributed by atoms with Gasteiger partial charge in [-0.2, -0.15) is 4.37 Å². The zero-order valence-corrected chi connectivity index (χ0v) is 10.3. The molecule has 1 saturated heterocycles. The summed E-state index contributed by atoms with van der Waals surface area (Å²) in [7, 11) is 0. The first-order valence-electron chi connectivity index (χ1n) is 6.02. The van der Waals surface area contributed by atoms with E-state index in [1.807, 2.05) is 0 Å². The Balaban J connectivity index is 1.62. The molecule has 2 aliphatic rings. The minimum atomic E-state index is -0.701. The molecule has 3 rings (SSSR count). The maximum atomic E-state index is 10.7. The predicted molar refractivity (Wildman–Crippen MR) is 64.5 cm³/mol. The van der Waals surface area contributed by atoms with E-state index in [9.17, 15) is 4.79 Å². The molecule has 17 heavy (non-hydrogen) atoms. The predicted octanol–water partition coefficient (Wildman–Crippen LogP) is 1.72. The van der Waals surface area contributed by atoms with Gasteiger partial charge in [0.05, 0.1) is 0 Å². The fraction of sp³-hybridized carbons (Fsp3) is 0.727. The lowest BCUT2D eigenvalue weighted by Crippen LogP contribution is -2.20. The highest BCUT2D eigenvalue weighted by atomic mass is 32.1. The molecule has 0 bridgehead atoms. The first kappa shape index (κ1) is 11.0. The second kappa shape index (κ2) is 4.25. The Bertz CT molecular complexity index is 430. The number of carboxylic acid groups (broad SMARTS) is 1. The van der Waals surface area contributed by atoms with E-state index in [0.29, 0.717) is 5.92 Å². The largest absolute Gasteiger partial charge is 0.481 e. The molecule has 2 fully saturated rings. The van der Waals surface area contributed by atoms with E-state index in [-0.39, 0.29) is 12.3 Å².